The lowest BCUT2D eigenvalue weighted by atomic mass is 9.67. The van der Waals surface area contributed by atoms with Crippen LogP contribution in [0.3, 0.4) is 0 Å². The van der Waals surface area contributed by atoms with Crippen molar-refractivity contribution in [3.05, 3.63) is 63.1 Å². The van der Waals surface area contributed by atoms with Crippen LogP contribution in [0.1, 0.15) is 67.0 Å². The van der Waals surface area contributed by atoms with Crippen molar-refractivity contribution in [2.45, 2.75) is 77.3 Å². The van der Waals surface area contributed by atoms with Crippen molar-refractivity contribution in [3.8, 4) is 0 Å². The molecule has 0 radical (unpaired) electrons. The van der Waals surface area contributed by atoms with Crippen molar-refractivity contribution in [1.82, 2.24) is 34.9 Å². The van der Waals surface area contributed by atoms with Gasteiger partial charge in [0.2, 0.25) is 5.91 Å². The highest BCUT2D eigenvalue weighted by atomic mass is 19.1. The summed E-state index contributed by atoms with van der Waals surface area (Å²) in [5.41, 5.74) is -1.12. The molecule has 2 N–H and O–H groups in total. The third-order valence-corrected chi connectivity index (χ3v) is 10.0. The predicted molar refractivity (Wildman–Crippen MR) is 174 cm³/mol. The number of benzene rings is 1. The molecule has 1 aromatic carbocycles. The number of aromatic nitrogens is 2. The minimum absolute atomic E-state index is 0.0301. The van der Waals surface area contributed by atoms with Crippen LogP contribution in [-0.4, -0.2) is 107 Å². The quantitative estimate of drug-likeness (QED) is 0.399. The maximum atomic E-state index is 13.8. The molecule has 6 rings (SSSR count). The van der Waals surface area contributed by atoms with E-state index >= 15 is 0 Å². The molecule has 2 fully saturated rings. The summed E-state index contributed by atoms with van der Waals surface area (Å²) in [6, 6.07) is 5.70. The van der Waals surface area contributed by atoms with Gasteiger partial charge in [-0.1, -0.05) is 12.1 Å². The Labute approximate surface area is 279 Å². The summed E-state index contributed by atoms with van der Waals surface area (Å²) in [5.74, 6) is -2.30. The number of halogens is 1. The van der Waals surface area contributed by atoms with Crippen molar-refractivity contribution >= 4 is 23.6 Å². The van der Waals surface area contributed by atoms with Crippen molar-refractivity contribution < 1.29 is 28.3 Å². The second-order valence-electron chi connectivity index (χ2n) is 14.0. The molecule has 48 heavy (non-hydrogen) atoms. The average molecular weight is 668 g/mol. The molecule has 1 saturated carbocycles. The highest BCUT2D eigenvalue weighted by Crippen LogP contribution is 2.51. The molecule has 1 aliphatic carbocycles. The summed E-state index contributed by atoms with van der Waals surface area (Å²) in [4.78, 5) is 76.0. The zero-order valence-corrected chi connectivity index (χ0v) is 28.6. The predicted octanol–water partition coefficient (Wildman–Crippen LogP) is 1.16. The van der Waals surface area contributed by atoms with Crippen molar-refractivity contribution in [1.29, 1.82) is 0 Å². The molecule has 14 heteroatoms. The number of morpholine rings is 1. The van der Waals surface area contributed by atoms with Gasteiger partial charge >= 0.3 is 11.8 Å². The van der Waals surface area contributed by atoms with E-state index in [1.54, 1.807) is 19.1 Å². The van der Waals surface area contributed by atoms with E-state index in [2.05, 4.69) is 15.5 Å². The Bertz CT molecular complexity index is 1640. The van der Waals surface area contributed by atoms with Crippen LogP contribution in [0, 0.1) is 18.2 Å². The lowest BCUT2D eigenvalue weighted by Gasteiger charge is -2.46. The first-order chi connectivity index (χ1) is 22.6. The molecule has 2 atom stereocenters. The van der Waals surface area contributed by atoms with Crippen LogP contribution in [0.2, 0.25) is 0 Å². The molecule has 4 heterocycles. The summed E-state index contributed by atoms with van der Waals surface area (Å²) < 4.78 is 21.0. The Hall–Kier alpha value is -4.17. The van der Waals surface area contributed by atoms with Gasteiger partial charge in [-0.15, -0.1) is 0 Å². The standard InChI is InChI=1S/C34H46FN7O6/c1-21-13-24(7-8-25(21)35)15-36-29(45)26-14-28(44)42-20-33(19-37-27(43)18-41-16-22(2)48-23(3)17-41)9-11-34(12-10-33,32(42)38-26)40(6)31(47)30(46)39(4)5/h7-8,13-14,22-23H,9-12,15-20H2,1-6H3,(H,36,45)(H,37,43). The fraction of sp³-hybridized carbons (Fsp3) is 0.588. The van der Waals surface area contributed by atoms with Crippen molar-refractivity contribution in [2.24, 2.45) is 5.41 Å². The topological polar surface area (TPSA) is 146 Å². The van der Waals surface area contributed by atoms with E-state index in [0.29, 0.717) is 56.4 Å². The number of nitrogens with zero attached hydrogens (tertiary/aromatic N) is 5. The Morgan fingerprint density at radius 3 is 2.29 bits per heavy atom. The molecule has 3 aliphatic heterocycles. The molecule has 4 amide bonds. The third-order valence-electron chi connectivity index (χ3n) is 10.0. The molecule has 4 aliphatic rings. The van der Waals surface area contributed by atoms with Gasteiger partial charge < -0.3 is 25.2 Å². The van der Waals surface area contributed by atoms with E-state index in [-0.39, 0.29) is 55.1 Å². The number of rotatable bonds is 8. The van der Waals surface area contributed by atoms with Gasteiger partial charge in [0.25, 0.3) is 11.5 Å². The summed E-state index contributed by atoms with van der Waals surface area (Å²) in [5, 5.41) is 5.86. The van der Waals surface area contributed by atoms with E-state index < -0.39 is 34.2 Å². The SMILES string of the molecule is Cc1cc(CNC(=O)c2cc(=O)n3c(n2)C2(N(C)C(=O)C(=O)N(C)C)CCC(CNC(=O)CN4CC(C)OC(C)C4)(CC2)C3)ccc1F. The minimum atomic E-state index is -1.14. The number of amides is 4. The normalized spacial score (nSPS) is 25.1. The van der Waals surface area contributed by atoms with Crippen LogP contribution < -0.4 is 16.2 Å². The van der Waals surface area contributed by atoms with Crippen LogP contribution in [0.5, 0.6) is 0 Å². The fourth-order valence-corrected chi connectivity index (χ4v) is 7.34. The smallest absolute Gasteiger partial charge is 0.312 e. The number of aryl methyl sites for hydroxylation is 1. The molecule has 1 saturated heterocycles. The summed E-state index contributed by atoms with van der Waals surface area (Å²) in [7, 11) is 4.52. The number of ether oxygens (including phenoxy) is 1. The number of nitrogens with one attached hydrogen (secondary N) is 2. The van der Waals surface area contributed by atoms with Crippen molar-refractivity contribution in [2.75, 3.05) is 47.3 Å². The van der Waals surface area contributed by atoms with Crippen LogP contribution in [-0.2, 0) is 37.7 Å². The van der Waals surface area contributed by atoms with E-state index in [9.17, 15) is 28.4 Å². The number of fused-ring (bicyclic) bond motifs is 2. The molecule has 2 unspecified atom stereocenters. The maximum Gasteiger partial charge on any atom is 0.312 e. The van der Waals surface area contributed by atoms with Gasteiger partial charge in [-0.2, -0.15) is 0 Å². The summed E-state index contributed by atoms with van der Waals surface area (Å²) >= 11 is 0. The van der Waals surface area contributed by atoms with Gasteiger partial charge in [0.15, 0.2) is 0 Å². The lowest BCUT2D eigenvalue weighted by molar-refractivity contribution is -0.155. The van der Waals surface area contributed by atoms with Crippen LogP contribution in [0.15, 0.2) is 29.1 Å². The number of hydrogen-bond donors (Lipinski definition) is 2. The number of carbonyl (C=O) groups excluding carboxylic acids is 4. The second kappa shape index (κ2) is 13.7. The summed E-state index contributed by atoms with van der Waals surface area (Å²) in [6.45, 7) is 7.78. The third kappa shape index (κ3) is 7.14. The molecule has 2 aromatic rings. The first kappa shape index (κ1) is 35.1. The highest BCUT2D eigenvalue weighted by molar-refractivity contribution is 6.34. The van der Waals surface area contributed by atoms with Gasteiger partial charge in [-0.3, -0.25) is 33.4 Å². The van der Waals surface area contributed by atoms with Gasteiger partial charge in [0, 0.05) is 65.3 Å². The molecular formula is C34H46FN7O6. The summed E-state index contributed by atoms with van der Waals surface area (Å²) in [6.07, 6.45) is 1.89. The lowest BCUT2D eigenvalue weighted by Crippen LogP contribution is -2.55. The number of hydrogen-bond acceptors (Lipinski definition) is 8. The maximum absolute atomic E-state index is 13.8. The monoisotopic (exact) mass is 667 g/mol. The number of likely N-dealkylation sites (N-methyl/N-ethyl adjacent to an activating group) is 2. The Balaban J connectivity index is 1.42. The largest absolute Gasteiger partial charge is 0.373 e. The zero-order chi connectivity index (χ0) is 35.0. The van der Waals surface area contributed by atoms with Gasteiger partial charge in [0.05, 0.1) is 18.8 Å². The molecule has 1 aromatic heterocycles. The van der Waals surface area contributed by atoms with Crippen LogP contribution in [0.25, 0.3) is 0 Å². The van der Waals surface area contributed by atoms with Gasteiger partial charge in [-0.05, 0) is 63.6 Å². The number of carbonyl (C=O) groups is 4. The molecule has 2 bridgehead atoms. The van der Waals surface area contributed by atoms with Gasteiger partial charge in [-0.25, -0.2) is 9.37 Å². The first-order valence-corrected chi connectivity index (χ1v) is 16.4. The Morgan fingerprint density at radius 1 is 1.00 bits per heavy atom. The Kier molecular flexibility index (Phi) is 10.1. The fourth-order valence-electron chi connectivity index (χ4n) is 7.34. The molecule has 13 nitrogen and oxygen atoms in total. The molecule has 260 valence electrons. The van der Waals surface area contributed by atoms with E-state index in [1.807, 2.05) is 13.8 Å². The van der Waals surface area contributed by atoms with E-state index in [4.69, 9.17) is 9.72 Å². The second-order valence-corrected chi connectivity index (χ2v) is 14.0. The highest BCUT2D eigenvalue weighted by Gasteiger charge is 2.54. The average Bonchev–Trinajstić information content (AvgIpc) is 3.27. The van der Waals surface area contributed by atoms with Crippen molar-refractivity contribution in [3.63, 3.8) is 0 Å². The molecule has 0 spiro atoms. The zero-order valence-electron chi connectivity index (χ0n) is 28.6. The first-order valence-electron chi connectivity index (χ1n) is 16.4. The van der Waals surface area contributed by atoms with E-state index in [0.717, 1.165) is 0 Å². The minimum Gasteiger partial charge on any atom is -0.373 e. The Morgan fingerprint density at radius 2 is 1.67 bits per heavy atom. The van der Waals surface area contributed by atoms with E-state index in [1.165, 1.54) is 47.6 Å². The molecular weight excluding hydrogens is 621 g/mol. The van der Waals surface area contributed by atoms with Crippen LogP contribution in [0.4, 0.5) is 4.39 Å². The van der Waals surface area contributed by atoms with Gasteiger partial charge in [0.1, 0.15) is 22.9 Å². The van der Waals surface area contributed by atoms with Crippen LogP contribution >= 0.6 is 0 Å².